The Morgan fingerprint density at radius 1 is 1.04 bits per heavy atom. The first-order valence-electron chi connectivity index (χ1n) is 8.50. The maximum absolute atomic E-state index is 6.14. The first-order valence-corrected chi connectivity index (χ1v) is 8.88. The number of ether oxygens (including phenoxy) is 1. The predicted molar refractivity (Wildman–Crippen MR) is 100 cm³/mol. The van der Waals surface area contributed by atoms with Gasteiger partial charge in [-0.1, -0.05) is 35.9 Å². The monoisotopic (exact) mass is 350 g/mol. The van der Waals surface area contributed by atoms with Gasteiger partial charge in [0.25, 0.3) is 0 Å². The molecule has 0 fully saturated rings. The molecule has 4 rings (SSSR count). The lowest BCUT2D eigenvalue weighted by Gasteiger charge is -2.11. The summed E-state index contributed by atoms with van der Waals surface area (Å²) in [5.41, 5.74) is 5.83. The van der Waals surface area contributed by atoms with Crippen molar-refractivity contribution in [3.8, 4) is 17.1 Å². The number of hydrogen-bond acceptors (Lipinski definition) is 3. The Kier molecular flexibility index (Phi) is 4.41. The lowest BCUT2D eigenvalue weighted by Crippen LogP contribution is -2.04. The molecular formula is C21H19ClN2O. The van der Waals surface area contributed by atoms with Crippen LogP contribution in [-0.4, -0.2) is 17.1 Å². The summed E-state index contributed by atoms with van der Waals surface area (Å²) in [6.07, 6.45) is 4.05. The number of aromatic nitrogens is 2. The SMILES string of the molecule is COc1ccc(Cc2nc(-c3cccc(Cl)c3)nc3c2CCC3)cc1. The molecule has 0 unspecified atom stereocenters. The normalized spacial score (nSPS) is 12.9. The number of aryl methyl sites for hydroxylation is 1. The van der Waals surface area contributed by atoms with Crippen LogP contribution in [0, 0.1) is 0 Å². The van der Waals surface area contributed by atoms with Gasteiger partial charge in [-0.25, -0.2) is 9.97 Å². The van der Waals surface area contributed by atoms with Gasteiger partial charge in [0, 0.05) is 22.7 Å². The van der Waals surface area contributed by atoms with E-state index in [0.717, 1.165) is 48.5 Å². The molecule has 3 aromatic rings. The van der Waals surface area contributed by atoms with Crippen LogP contribution in [0.25, 0.3) is 11.4 Å². The van der Waals surface area contributed by atoms with Gasteiger partial charge in [0.05, 0.1) is 12.8 Å². The van der Waals surface area contributed by atoms with Crippen molar-refractivity contribution in [2.45, 2.75) is 25.7 Å². The van der Waals surface area contributed by atoms with Crippen LogP contribution in [0.4, 0.5) is 0 Å². The third-order valence-electron chi connectivity index (χ3n) is 4.63. The van der Waals surface area contributed by atoms with Crippen molar-refractivity contribution in [3.05, 3.63) is 76.1 Å². The fraction of sp³-hybridized carbons (Fsp3) is 0.238. The molecule has 4 heteroatoms. The van der Waals surface area contributed by atoms with Gasteiger partial charge >= 0.3 is 0 Å². The van der Waals surface area contributed by atoms with E-state index in [1.807, 2.05) is 36.4 Å². The maximum atomic E-state index is 6.14. The molecule has 0 spiro atoms. The van der Waals surface area contributed by atoms with Crippen LogP contribution in [0.2, 0.25) is 5.02 Å². The summed E-state index contributed by atoms with van der Waals surface area (Å²) in [5, 5.41) is 0.707. The Hall–Kier alpha value is -2.39. The van der Waals surface area contributed by atoms with E-state index in [2.05, 4.69) is 12.1 Å². The zero-order chi connectivity index (χ0) is 17.2. The molecule has 0 amide bonds. The molecule has 2 aromatic carbocycles. The zero-order valence-corrected chi connectivity index (χ0v) is 14.9. The van der Waals surface area contributed by atoms with Gasteiger partial charge in [-0.15, -0.1) is 0 Å². The molecule has 0 saturated carbocycles. The van der Waals surface area contributed by atoms with E-state index in [1.54, 1.807) is 7.11 Å². The first kappa shape index (κ1) is 16.1. The third-order valence-corrected chi connectivity index (χ3v) is 4.87. The summed E-state index contributed by atoms with van der Waals surface area (Å²) in [6.45, 7) is 0. The molecule has 0 bridgehead atoms. The molecule has 1 heterocycles. The molecule has 1 aromatic heterocycles. The van der Waals surface area contributed by atoms with Gasteiger partial charge in [-0.05, 0) is 54.7 Å². The highest BCUT2D eigenvalue weighted by Crippen LogP contribution is 2.28. The van der Waals surface area contributed by atoms with Crippen molar-refractivity contribution in [3.63, 3.8) is 0 Å². The number of nitrogens with zero attached hydrogens (tertiary/aromatic N) is 2. The molecule has 3 nitrogen and oxygen atoms in total. The molecule has 0 aliphatic heterocycles. The highest BCUT2D eigenvalue weighted by Gasteiger charge is 2.20. The summed E-state index contributed by atoms with van der Waals surface area (Å²) in [6, 6.07) is 15.9. The number of hydrogen-bond donors (Lipinski definition) is 0. The average molecular weight is 351 g/mol. The van der Waals surface area contributed by atoms with Crippen LogP contribution >= 0.6 is 11.6 Å². The van der Waals surface area contributed by atoms with E-state index < -0.39 is 0 Å². The quantitative estimate of drug-likeness (QED) is 0.672. The first-order chi connectivity index (χ1) is 12.2. The second kappa shape index (κ2) is 6.85. The number of benzene rings is 2. The molecule has 0 N–H and O–H groups in total. The Bertz CT molecular complexity index is 906. The van der Waals surface area contributed by atoms with Gasteiger partial charge in [-0.3, -0.25) is 0 Å². The lowest BCUT2D eigenvalue weighted by molar-refractivity contribution is 0.414. The van der Waals surface area contributed by atoms with Crippen molar-refractivity contribution in [2.24, 2.45) is 0 Å². The smallest absolute Gasteiger partial charge is 0.159 e. The molecule has 0 atom stereocenters. The fourth-order valence-corrected chi connectivity index (χ4v) is 3.54. The van der Waals surface area contributed by atoms with Crippen LogP contribution in [0.5, 0.6) is 5.75 Å². The topological polar surface area (TPSA) is 35.0 Å². The minimum Gasteiger partial charge on any atom is -0.497 e. The minimum absolute atomic E-state index is 0.707. The summed E-state index contributed by atoms with van der Waals surface area (Å²) >= 11 is 6.14. The summed E-state index contributed by atoms with van der Waals surface area (Å²) in [5.74, 6) is 1.64. The third kappa shape index (κ3) is 3.38. The average Bonchev–Trinajstić information content (AvgIpc) is 3.11. The zero-order valence-electron chi connectivity index (χ0n) is 14.1. The second-order valence-electron chi connectivity index (χ2n) is 6.31. The largest absolute Gasteiger partial charge is 0.497 e. The fourth-order valence-electron chi connectivity index (χ4n) is 3.35. The number of fused-ring (bicyclic) bond motifs is 1. The van der Waals surface area contributed by atoms with Crippen LogP contribution in [0.1, 0.15) is 28.9 Å². The van der Waals surface area contributed by atoms with Crippen molar-refractivity contribution in [1.29, 1.82) is 0 Å². The van der Waals surface area contributed by atoms with Crippen molar-refractivity contribution < 1.29 is 4.74 Å². The Morgan fingerprint density at radius 3 is 2.64 bits per heavy atom. The van der Waals surface area contributed by atoms with Gasteiger partial charge in [0.15, 0.2) is 5.82 Å². The van der Waals surface area contributed by atoms with E-state index in [0.29, 0.717) is 5.02 Å². The molecule has 1 aliphatic carbocycles. The molecule has 1 aliphatic rings. The summed E-state index contributed by atoms with van der Waals surface area (Å²) in [4.78, 5) is 9.70. The van der Waals surface area contributed by atoms with Crippen LogP contribution in [-0.2, 0) is 19.3 Å². The highest BCUT2D eigenvalue weighted by molar-refractivity contribution is 6.30. The standard InChI is InChI=1S/C21H19ClN2O/c1-25-17-10-8-14(9-11-17)12-20-18-6-3-7-19(18)23-21(24-20)15-4-2-5-16(22)13-15/h2,4-5,8-11,13H,3,6-7,12H2,1H3. The maximum Gasteiger partial charge on any atom is 0.159 e. The summed E-state index contributed by atoms with van der Waals surface area (Å²) in [7, 11) is 1.68. The summed E-state index contributed by atoms with van der Waals surface area (Å²) < 4.78 is 5.24. The van der Waals surface area contributed by atoms with Gasteiger partial charge in [0.1, 0.15) is 5.75 Å². The molecule has 0 radical (unpaired) electrons. The molecule has 25 heavy (non-hydrogen) atoms. The van der Waals surface area contributed by atoms with E-state index in [-0.39, 0.29) is 0 Å². The highest BCUT2D eigenvalue weighted by atomic mass is 35.5. The minimum atomic E-state index is 0.707. The molecular weight excluding hydrogens is 332 g/mol. The van der Waals surface area contributed by atoms with Crippen molar-refractivity contribution in [2.75, 3.05) is 7.11 Å². The van der Waals surface area contributed by atoms with Gasteiger partial charge in [0.2, 0.25) is 0 Å². The van der Waals surface area contributed by atoms with E-state index in [1.165, 1.54) is 16.8 Å². The number of halogens is 1. The number of methoxy groups -OCH3 is 1. The van der Waals surface area contributed by atoms with Crippen LogP contribution in [0.15, 0.2) is 48.5 Å². The van der Waals surface area contributed by atoms with Gasteiger partial charge < -0.3 is 4.74 Å². The van der Waals surface area contributed by atoms with E-state index >= 15 is 0 Å². The van der Waals surface area contributed by atoms with Crippen LogP contribution < -0.4 is 4.74 Å². The van der Waals surface area contributed by atoms with Crippen molar-refractivity contribution in [1.82, 2.24) is 9.97 Å². The van der Waals surface area contributed by atoms with E-state index in [9.17, 15) is 0 Å². The predicted octanol–water partition coefficient (Wildman–Crippen LogP) is 4.89. The van der Waals surface area contributed by atoms with Crippen LogP contribution in [0.3, 0.4) is 0 Å². The number of rotatable bonds is 4. The Morgan fingerprint density at radius 2 is 1.88 bits per heavy atom. The van der Waals surface area contributed by atoms with Crippen molar-refractivity contribution >= 4 is 11.6 Å². The second-order valence-corrected chi connectivity index (χ2v) is 6.74. The van der Waals surface area contributed by atoms with E-state index in [4.69, 9.17) is 26.3 Å². The lowest BCUT2D eigenvalue weighted by atomic mass is 10.0. The molecule has 0 saturated heterocycles. The molecule has 126 valence electrons. The van der Waals surface area contributed by atoms with Gasteiger partial charge in [-0.2, -0.15) is 0 Å². The Balaban J connectivity index is 1.73. The Labute approximate surface area is 152 Å².